The van der Waals surface area contributed by atoms with Crippen molar-refractivity contribution in [2.45, 2.75) is 57.1 Å². The maximum absolute atomic E-state index is 13.4. The van der Waals surface area contributed by atoms with Crippen LogP contribution in [-0.4, -0.2) is 26.7 Å². The third kappa shape index (κ3) is 9.32. The fraction of sp³-hybridized carbons (Fsp3) is 0.346. The Hall–Kier alpha value is -3.12. The van der Waals surface area contributed by atoms with E-state index in [0.29, 0.717) is 5.69 Å². The first-order chi connectivity index (χ1) is 17.4. The number of benzene rings is 1. The number of rotatable bonds is 10. The Morgan fingerprint density at radius 3 is 2.26 bits per heavy atom. The fourth-order valence-corrected chi connectivity index (χ4v) is 4.36. The summed E-state index contributed by atoms with van der Waals surface area (Å²) in [6.07, 6.45) is -5.51. The molecule has 1 unspecified atom stereocenters. The number of nitrogens with one attached hydrogen (secondary N) is 1. The van der Waals surface area contributed by atoms with Gasteiger partial charge in [-0.1, -0.05) is 30.9 Å². The van der Waals surface area contributed by atoms with Crippen molar-refractivity contribution in [2.24, 2.45) is 0 Å². The number of allylic oxidation sites excluding steroid dienone is 3. The quantitative estimate of drug-likeness (QED) is 0.192. The van der Waals surface area contributed by atoms with Gasteiger partial charge in [-0.15, -0.1) is 26.3 Å². The molecule has 0 aliphatic heterocycles. The largest absolute Gasteiger partial charge is 0.573 e. The summed E-state index contributed by atoms with van der Waals surface area (Å²) < 4.78 is 102. The highest BCUT2D eigenvalue weighted by Gasteiger charge is 2.41. The van der Waals surface area contributed by atoms with Crippen molar-refractivity contribution in [3.63, 3.8) is 0 Å². The molecule has 0 aliphatic carbocycles. The highest BCUT2D eigenvalue weighted by Crippen LogP contribution is 2.38. The van der Waals surface area contributed by atoms with Gasteiger partial charge in [-0.05, 0) is 75.2 Å². The normalized spacial score (nSPS) is 15.9. The molecule has 1 aromatic carbocycles. The lowest BCUT2D eigenvalue weighted by Crippen LogP contribution is -2.50. The smallest absolute Gasteiger partial charge is 0.406 e. The first-order valence-corrected chi connectivity index (χ1v) is 12.3. The number of halogens is 6. The fourth-order valence-electron chi connectivity index (χ4n) is 3.39. The molecule has 5 nitrogen and oxygen atoms in total. The number of hydrogen-bond acceptors (Lipinski definition) is 4. The highest BCUT2D eigenvalue weighted by molar-refractivity contribution is 7.84. The molecule has 1 heterocycles. The van der Waals surface area contributed by atoms with E-state index < -0.39 is 45.5 Å². The molecule has 1 aromatic heterocycles. The minimum atomic E-state index is -5.03. The molecular formula is C26H28F6N2O3S. The zero-order valence-corrected chi connectivity index (χ0v) is 21.9. The van der Waals surface area contributed by atoms with Gasteiger partial charge in [0.05, 0.1) is 21.3 Å². The minimum absolute atomic E-state index is 0.0964. The van der Waals surface area contributed by atoms with Crippen molar-refractivity contribution in [1.29, 1.82) is 0 Å². The van der Waals surface area contributed by atoms with Gasteiger partial charge in [-0.2, -0.15) is 0 Å². The van der Waals surface area contributed by atoms with Gasteiger partial charge >= 0.3 is 12.7 Å². The van der Waals surface area contributed by atoms with E-state index in [1.165, 1.54) is 25.3 Å². The van der Waals surface area contributed by atoms with Crippen molar-refractivity contribution in [1.82, 2.24) is 9.71 Å². The molecule has 38 heavy (non-hydrogen) atoms. The third-order valence-corrected chi connectivity index (χ3v) is 6.75. The van der Waals surface area contributed by atoms with Crippen LogP contribution in [0.5, 0.6) is 5.75 Å². The SMILES string of the molecule is C=C/C=C(\C=C(/C)C(Cc1ccccn1)(N[S@@](=O)C(C)(C)C)c1cccc(OC(F)(F)F)c1)OC(F)(F)F. The number of aromatic nitrogens is 1. The number of pyridine rings is 1. The summed E-state index contributed by atoms with van der Waals surface area (Å²) in [5.74, 6) is -1.20. The third-order valence-electron chi connectivity index (χ3n) is 5.10. The molecule has 208 valence electrons. The molecule has 0 radical (unpaired) electrons. The van der Waals surface area contributed by atoms with Crippen molar-refractivity contribution in [2.75, 3.05) is 0 Å². The maximum Gasteiger partial charge on any atom is 0.573 e. The maximum atomic E-state index is 13.4. The van der Waals surface area contributed by atoms with E-state index in [0.717, 1.165) is 30.4 Å². The van der Waals surface area contributed by atoms with Gasteiger partial charge in [-0.25, -0.2) is 8.93 Å². The van der Waals surface area contributed by atoms with Crippen LogP contribution in [0.4, 0.5) is 26.3 Å². The van der Waals surface area contributed by atoms with E-state index in [1.54, 1.807) is 39.0 Å². The number of hydrogen-bond donors (Lipinski definition) is 1. The molecule has 2 aromatic rings. The minimum Gasteiger partial charge on any atom is -0.406 e. The van der Waals surface area contributed by atoms with Crippen molar-refractivity contribution >= 4 is 11.0 Å². The Morgan fingerprint density at radius 1 is 1.05 bits per heavy atom. The summed E-state index contributed by atoms with van der Waals surface area (Å²) in [5.41, 5.74) is -0.914. The van der Waals surface area contributed by atoms with Gasteiger partial charge in [0, 0.05) is 18.3 Å². The molecule has 1 N–H and O–H groups in total. The van der Waals surface area contributed by atoms with Gasteiger partial charge in [0.25, 0.3) is 0 Å². The van der Waals surface area contributed by atoms with Crippen molar-refractivity contribution < 1.29 is 40.0 Å². The van der Waals surface area contributed by atoms with Gasteiger partial charge in [0.2, 0.25) is 0 Å². The number of nitrogens with zero attached hydrogens (tertiary/aromatic N) is 1. The molecule has 12 heteroatoms. The highest BCUT2D eigenvalue weighted by atomic mass is 32.2. The number of ether oxygens (including phenoxy) is 2. The second-order valence-electron chi connectivity index (χ2n) is 9.14. The van der Waals surface area contributed by atoms with Crippen LogP contribution in [0.1, 0.15) is 39.0 Å². The Morgan fingerprint density at radius 2 is 1.74 bits per heavy atom. The Bertz CT molecular complexity index is 1190. The van der Waals surface area contributed by atoms with E-state index in [4.69, 9.17) is 0 Å². The van der Waals surface area contributed by atoms with Crippen LogP contribution < -0.4 is 9.46 Å². The van der Waals surface area contributed by atoms with Crippen LogP contribution in [-0.2, 0) is 27.7 Å². The van der Waals surface area contributed by atoms with Crippen LogP contribution in [0.25, 0.3) is 0 Å². The summed E-state index contributed by atoms with van der Waals surface area (Å²) in [5, 5.41) is 0. The second-order valence-corrected chi connectivity index (χ2v) is 11.1. The molecular weight excluding hydrogens is 534 g/mol. The van der Waals surface area contributed by atoms with Gasteiger partial charge < -0.3 is 9.47 Å². The van der Waals surface area contributed by atoms with Crippen molar-refractivity contribution in [3.8, 4) is 5.75 Å². The molecule has 0 aliphatic rings. The summed E-state index contributed by atoms with van der Waals surface area (Å²) in [6, 6.07) is 9.87. The van der Waals surface area contributed by atoms with Crippen LogP contribution in [0, 0.1) is 0 Å². The molecule has 0 saturated carbocycles. The predicted molar refractivity (Wildman–Crippen MR) is 133 cm³/mol. The van der Waals surface area contributed by atoms with E-state index in [2.05, 4.69) is 25.8 Å². The van der Waals surface area contributed by atoms with Crippen molar-refractivity contribution in [3.05, 3.63) is 96.1 Å². The summed E-state index contributed by atoms with van der Waals surface area (Å²) in [6.45, 7) is 9.85. The van der Waals surface area contributed by atoms with E-state index >= 15 is 0 Å². The zero-order valence-electron chi connectivity index (χ0n) is 21.1. The summed E-state index contributed by atoms with van der Waals surface area (Å²) in [4.78, 5) is 4.28. The summed E-state index contributed by atoms with van der Waals surface area (Å²) >= 11 is 0. The Kier molecular flexibility index (Phi) is 9.95. The average molecular weight is 563 g/mol. The standard InChI is InChI=1S/C26H28F6N2O3S/c1-6-10-21(36-25(27,28)29)15-18(2)24(34-38(35)23(3,4)5,17-20-12-7-8-14-33-20)19-11-9-13-22(16-19)37-26(30,31)32/h6-16,34H,1,17H2,2-5H3/b18-15+,21-10+/t24?,38-/m0/s1. The monoisotopic (exact) mass is 562 g/mol. The molecule has 2 atom stereocenters. The summed E-state index contributed by atoms with van der Waals surface area (Å²) in [7, 11) is -1.85. The predicted octanol–water partition coefficient (Wildman–Crippen LogP) is 7.02. The lowest BCUT2D eigenvalue weighted by molar-refractivity contribution is -0.303. The topological polar surface area (TPSA) is 60.5 Å². The van der Waals surface area contributed by atoms with Gasteiger partial charge in [0.15, 0.2) is 0 Å². The van der Waals surface area contributed by atoms with E-state index in [-0.39, 0.29) is 17.6 Å². The Labute approximate surface area is 219 Å². The lowest BCUT2D eigenvalue weighted by atomic mass is 9.79. The molecule has 0 amide bonds. The van der Waals surface area contributed by atoms with Gasteiger partial charge in [-0.3, -0.25) is 4.98 Å². The second kappa shape index (κ2) is 12.2. The van der Waals surface area contributed by atoms with Crippen LogP contribution in [0.3, 0.4) is 0 Å². The molecule has 0 fully saturated rings. The molecule has 0 bridgehead atoms. The first-order valence-electron chi connectivity index (χ1n) is 11.2. The molecule has 0 saturated heterocycles. The lowest BCUT2D eigenvalue weighted by Gasteiger charge is -2.38. The zero-order chi connectivity index (χ0) is 28.8. The van der Waals surface area contributed by atoms with Crippen LogP contribution in [0.2, 0.25) is 0 Å². The van der Waals surface area contributed by atoms with Crippen LogP contribution >= 0.6 is 0 Å². The first kappa shape index (κ1) is 31.1. The number of alkyl halides is 6. The molecule has 0 spiro atoms. The average Bonchev–Trinajstić information content (AvgIpc) is 2.76. The molecule has 2 rings (SSSR count). The van der Waals surface area contributed by atoms with E-state index in [1.807, 2.05) is 0 Å². The van der Waals surface area contributed by atoms with E-state index in [9.17, 15) is 30.6 Å². The van der Waals surface area contributed by atoms with Gasteiger partial charge in [0.1, 0.15) is 11.5 Å². The van der Waals surface area contributed by atoms with Crippen LogP contribution in [0.15, 0.2) is 84.8 Å². The Balaban J connectivity index is 2.86.